The van der Waals surface area contributed by atoms with Crippen LogP contribution in [0.4, 0.5) is 0 Å². The maximum atomic E-state index is 11.5. The summed E-state index contributed by atoms with van der Waals surface area (Å²) in [5.41, 5.74) is 6.98. The zero-order valence-electron chi connectivity index (χ0n) is 11.9. The number of nitrogens with two attached hydrogens (primary N) is 1. The van der Waals surface area contributed by atoms with E-state index in [0.29, 0.717) is 42.5 Å². The molecule has 0 saturated carbocycles. The highest BCUT2D eigenvalue weighted by Crippen LogP contribution is 2.20. The number of benzene rings is 1. The van der Waals surface area contributed by atoms with Crippen LogP contribution < -0.4 is 16.0 Å². The molecule has 21 heavy (non-hydrogen) atoms. The summed E-state index contributed by atoms with van der Waals surface area (Å²) in [5, 5.41) is 0.711. The van der Waals surface area contributed by atoms with E-state index < -0.39 is 0 Å². The average molecular weight is 308 g/mol. The summed E-state index contributed by atoms with van der Waals surface area (Å²) < 4.78 is 5.64. The molecule has 5 nitrogen and oxygen atoms in total. The quantitative estimate of drug-likeness (QED) is 0.853. The number of H-pyrrole nitrogens is 1. The van der Waals surface area contributed by atoms with Crippen molar-refractivity contribution in [2.24, 2.45) is 5.73 Å². The number of aromatic nitrogens is 2. The van der Waals surface area contributed by atoms with Crippen LogP contribution in [0.3, 0.4) is 0 Å². The normalized spacial score (nSPS) is 10.6. The highest BCUT2D eigenvalue weighted by Gasteiger charge is 2.03. The van der Waals surface area contributed by atoms with Gasteiger partial charge in [0.2, 0.25) is 0 Å². The molecule has 6 heteroatoms. The molecular formula is C15H18ClN3O2. The lowest BCUT2D eigenvalue weighted by atomic mass is 10.2. The van der Waals surface area contributed by atoms with E-state index in [0.717, 1.165) is 11.3 Å². The Morgan fingerprint density at radius 3 is 2.86 bits per heavy atom. The monoisotopic (exact) mass is 307 g/mol. The van der Waals surface area contributed by atoms with Crippen molar-refractivity contribution >= 4 is 11.6 Å². The van der Waals surface area contributed by atoms with Crippen LogP contribution in [-0.2, 0) is 12.8 Å². The minimum Gasteiger partial charge on any atom is -0.493 e. The smallest absolute Gasteiger partial charge is 0.251 e. The van der Waals surface area contributed by atoms with Crippen LogP contribution in [0.25, 0.3) is 0 Å². The lowest BCUT2D eigenvalue weighted by molar-refractivity contribution is 0.318. The van der Waals surface area contributed by atoms with Crippen LogP contribution in [-0.4, -0.2) is 23.1 Å². The molecule has 1 aromatic heterocycles. The van der Waals surface area contributed by atoms with Crippen molar-refractivity contribution in [1.82, 2.24) is 9.97 Å². The number of halogens is 1. The van der Waals surface area contributed by atoms with Crippen molar-refractivity contribution < 1.29 is 4.74 Å². The van der Waals surface area contributed by atoms with Crippen LogP contribution in [0.1, 0.15) is 17.1 Å². The number of nitrogens with zero attached hydrogens (tertiary/aromatic N) is 1. The highest BCUT2D eigenvalue weighted by molar-refractivity contribution is 6.31. The van der Waals surface area contributed by atoms with Gasteiger partial charge in [0, 0.05) is 29.6 Å². The molecule has 0 spiro atoms. The summed E-state index contributed by atoms with van der Waals surface area (Å²) in [7, 11) is 0. The molecule has 2 rings (SSSR count). The average Bonchev–Trinajstić information content (AvgIpc) is 2.42. The van der Waals surface area contributed by atoms with Gasteiger partial charge in [0.15, 0.2) is 0 Å². The van der Waals surface area contributed by atoms with Crippen LogP contribution >= 0.6 is 11.6 Å². The standard InChI is InChI=1S/C15H18ClN3O2/c1-10-8-12(2-3-13(10)16)21-7-5-14-18-11(4-6-17)9-15(20)19-14/h2-3,8-9H,4-7,17H2,1H3,(H,18,19,20). The lowest BCUT2D eigenvalue weighted by Gasteiger charge is -2.08. The molecule has 0 amide bonds. The summed E-state index contributed by atoms with van der Waals surface area (Å²) in [6, 6.07) is 6.97. The van der Waals surface area contributed by atoms with Gasteiger partial charge < -0.3 is 15.5 Å². The number of hydrogen-bond acceptors (Lipinski definition) is 4. The molecule has 3 N–H and O–H groups in total. The molecule has 0 aliphatic carbocycles. The van der Waals surface area contributed by atoms with E-state index in [-0.39, 0.29) is 5.56 Å². The summed E-state index contributed by atoms with van der Waals surface area (Å²) in [4.78, 5) is 18.6. The van der Waals surface area contributed by atoms with Gasteiger partial charge in [-0.2, -0.15) is 0 Å². The Balaban J connectivity index is 1.96. The summed E-state index contributed by atoms with van der Waals surface area (Å²) >= 11 is 5.96. The second kappa shape index (κ2) is 7.24. The number of rotatable bonds is 6. The minimum atomic E-state index is -0.161. The largest absolute Gasteiger partial charge is 0.493 e. The first kappa shape index (κ1) is 15.5. The van der Waals surface area contributed by atoms with E-state index in [1.807, 2.05) is 19.1 Å². The Labute approximate surface area is 128 Å². The summed E-state index contributed by atoms with van der Waals surface area (Å²) in [5.74, 6) is 1.36. The van der Waals surface area contributed by atoms with E-state index >= 15 is 0 Å². The second-order valence-corrected chi connectivity index (χ2v) is 5.14. The Hall–Kier alpha value is -1.85. The van der Waals surface area contributed by atoms with E-state index in [4.69, 9.17) is 22.1 Å². The third-order valence-electron chi connectivity index (χ3n) is 2.98. The first-order chi connectivity index (χ1) is 10.1. The van der Waals surface area contributed by atoms with Crippen molar-refractivity contribution in [3.05, 3.63) is 56.7 Å². The number of aromatic amines is 1. The van der Waals surface area contributed by atoms with E-state index in [1.165, 1.54) is 6.07 Å². The topological polar surface area (TPSA) is 81.0 Å². The molecule has 112 valence electrons. The first-order valence-electron chi connectivity index (χ1n) is 6.76. The summed E-state index contributed by atoms with van der Waals surface area (Å²) in [6.45, 7) is 2.82. The molecule has 0 fully saturated rings. The van der Waals surface area contributed by atoms with Crippen LogP contribution in [0.5, 0.6) is 5.75 Å². The van der Waals surface area contributed by atoms with Crippen molar-refractivity contribution in [1.29, 1.82) is 0 Å². The van der Waals surface area contributed by atoms with Crippen LogP contribution in [0.15, 0.2) is 29.1 Å². The number of ether oxygens (including phenoxy) is 1. The SMILES string of the molecule is Cc1cc(OCCc2nc(CCN)cc(=O)[nH]2)ccc1Cl. The maximum absolute atomic E-state index is 11.5. The third kappa shape index (κ3) is 4.58. The van der Waals surface area contributed by atoms with Crippen LogP contribution in [0.2, 0.25) is 5.02 Å². The predicted molar refractivity (Wildman–Crippen MR) is 83.0 cm³/mol. The predicted octanol–water partition coefficient (Wildman–Crippen LogP) is 1.85. The Bertz CT molecular complexity index is 670. The fourth-order valence-electron chi connectivity index (χ4n) is 1.93. The van der Waals surface area contributed by atoms with Gasteiger partial charge in [-0.05, 0) is 37.2 Å². The molecule has 0 atom stereocenters. The van der Waals surface area contributed by atoms with Crippen molar-refractivity contribution in [3.8, 4) is 5.75 Å². The van der Waals surface area contributed by atoms with Gasteiger partial charge >= 0.3 is 0 Å². The fourth-order valence-corrected chi connectivity index (χ4v) is 2.05. The fraction of sp³-hybridized carbons (Fsp3) is 0.333. The van der Waals surface area contributed by atoms with Gasteiger partial charge in [0.1, 0.15) is 11.6 Å². The molecule has 0 unspecified atom stereocenters. The molecular weight excluding hydrogens is 290 g/mol. The first-order valence-corrected chi connectivity index (χ1v) is 7.14. The Morgan fingerprint density at radius 1 is 1.33 bits per heavy atom. The molecule has 1 heterocycles. The number of aryl methyl sites for hydroxylation is 1. The zero-order chi connectivity index (χ0) is 15.2. The number of hydrogen-bond donors (Lipinski definition) is 2. The number of nitrogens with one attached hydrogen (secondary N) is 1. The van der Waals surface area contributed by atoms with E-state index in [9.17, 15) is 4.79 Å². The van der Waals surface area contributed by atoms with Crippen molar-refractivity contribution in [3.63, 3.8) is 0 Å². The molecule has 2 aromatic rings. The maximum Gasteiger partial charge on any atom is 0.251 e. The highest BCUT2D eigenvalue weighted by atomic mass is 35.5. The molecule has 1 aromatic carbocycles. The lowest BCUT2D eigenvalue weighted by Crippen LogP contribution is -2.16. The molecule has 0 radical (unpaired) electrons. The molecule has 0 bridgehead atoms. The van der Waals surface area contributed by atoms with Gasteiger partial charge in [0.05, 0.1) is 6.61 Å². The second-order valence-electron chi connectivity index (χ2n) is 4.73. The van der Waals surface area contributed by atoms with Gasteiger partial charge in [-0.1, -0.05) is 11.6 Å². The van der Waals surface area contributed by atoms with E-state index in [1.54, 1.807) is 6.07 Å². The van der Waals surface area contributed by atoms with Gasteiger partial charge in [-0.25, -0.2) is 4.98 Å². The van der Waals surface area contributed by atoms with Crippen molar-refractivity contribution in [2.45, 2.75) is 19.8 Å². The van der Waals surface area contributed by atoms with Crippen molar-refractivity contribution in [2.75, 3.05) is 13.2 Å². The van der Waals surface area contributed by atoms with E-state index in [2.05, 4.69) is 9.97 Å². The zero-order valence-corrected chi connectivity index (χ0v) is 12.6. The minimum absolute atomic E-state index is 0.161. The molecule has 0 aliphatic rings. The van der Waals surface area contributed by atoms with Gasteiger partial charge in [0.25, 0.3) is 5.56 Å². The Kier molecular flexibility index (Phi) is 5.36. The van der Waals surface area contributed by atoms with Gasteiger partial charge in [-0.3, -0.25) is 4.79 Å². The third-order valence-corrected chi connectivity index (χ3v) is 3.41. The Morgan fingerprint density at radius 2 is 2.14 bits per heavy atom. The van der Waals surface area contributed by atoms with Crippen LogP contribution in [0, 0.1) is 6.92 Å². The molecule has 0 saturated heterocycles. The molecule has 0 aliphatic heterocycles. The summed E-state index contributed by atoms with van der Waals surface area (Å²) in [6.07, 6.45) is 1.11. The van der Waals surface area contributed by atoms with Gasteiger partial charge in [-0.15, -0.1) is 0 Å².